The van der Waals surface area contributed by atoms with E-state index >= 15 is 0 Å². The fourth-order valence-electron chi connectivity index (χ4n) is 0.449. The van der Waals surface area contributed by atoms with Gasteiger partial charge < -0.3 is 0 Å². The van der Waals surface area contributed by atoms with Crippen LogP contribution in [0.2, 0.25) is 5.15 Å². The molecule has 0 aliphatic rings. The van der Waals surface area contributed by atoms with Crippen molar-refractivity contribution in [3.8, 4) is 0 Å². The zero-order chi connectivity index (χ0) is 6.15. The monoisotopic (exact) mass is 131 g/mol. The van der Waals surface area contributed by atoms with Crippen LogP contribution in [0.4, 0.5) is 0 Å². The van der Waals surface area contributed by atoms with Crippen molar-refractivity contribution in [1.29, 1.82) is 0 Å². The van der Waals surface area contributed by atoms with Crippen LogP contribution in [0.1, 0.15) is 5.69 Å². The van der Waals surface area contributed by atoms with Gasteiger partial charge in [-0.3, -0.25) is 0 Å². The lowest BCUT2D eigenvalue weighted by molar-refractivity contribution is 0.715. The predicted octanol–water partition coefficient (Wildman–Crippen LogP) is 0.777. The minimum atomic E-state index is 0.602. The van der Waals surface area contributed by atoms with Gasteiger partial charge in [-0.15, -0.1) is 5.10 Å². The molecule has 1 heterocycles. The Bertz CT molecular complexity index is 174. The minimum absolute atomic E-state index is 0.602. The predicted molar refractivity (Wildman–Crippen MR) is 30.7 cm³/mol. The van der Waals surface area contributed by atoms with Gasteiger partial charge in [0.1, 0.15) is 5.15 Å². The van der Waals surface area contributed by atoms with E-state index in [-0.39, 0.29) is 0 Å². The van der Waals surface area contributed by atoms with E-state index in [9.17, 15) is 0 Å². The van der Waals surface area contributed by atoms with Crippen LogP contribution in [0, 0.1) is 6.92 Å². The fraction of sp³-hybridized carbons (Fsp3) is 0.500. The highest BCUT2D eigenvalue weighted by Crippen LogP contribution is 2.07. The van der Waals surface area contributed by atoms with Crippen LogP contribution in [0.3, 0.4) is 0 Å². The zero-order valence-corrected chi connectivity index (χ0v) is 5.48. The average molecular weight is 132 g/mol. The van der Waals surface area contributed by atoms with Crippen molar-refractivity contribution >= 4 is 11.6 Å². The molecule has 0 fully saturated rings. The highest BCUT2D eigenvalue weighted by Gasteiger charge is 1.98. The molecular formula is C4H6ClN3. The standard InChI is InChI=1S/C4H6ClN3/c1-3-4(5)8(2)7-6-3/h1-2H3. The van der Waals surface area contributed by atoms with Crippen LogP contribution in [0.5, 0.6) is 0 Å². The van der Waals surface area contributed by atoms with E-state index in [1.165, 1.54) is 4.68 Å². The highest BCUT2D eigenvalue weighted by molar-refractivity contribution is 6.30. The van der Waals surface area contributed by atoms with Crippen molar-refractivity contribution in [2.75, 3.05) is 0 Å². The molecule has 0 unspecified atom stereocenters. The number of hydrogen-bond donors (Lipinski definition) is 0. The Morgan fingerprint density at radius 2 is 2.25 bits per heavy atom. The van der Waals surface area contributed by atoms with Gasteiger partial charge >= 0.3 is 0 Å². The summed E-state index contributed by atoms with van der Waals surface area (Å²) in [7, 11) is 1.75. The number of aryl methyl sites for hydroxylation is 2. The second kappa shape index (κ2) is 1.74. The normalized spacial score (nSPS) is 9.88. The maximum Gasteiger partial charge on any atom is 0.149 e. The smallest absolute Gasteiger partial charge is 0.149 e. The molecule has 8 heavy (non-hydrogen) atoms. The van der Waals surface area contributed by atoms with Crippen LogP contribution >= 0.6 is 11.6 Å². The summed E-state index contributed by atoms with van der Waals surface area (Å²) in [4.78, 5) is 0. The lowest BCUT2D eigenvalue weighted by Crippen LogP contribution is -1.88. The van der Waals surface area contributed by atoms with Crippen molar-refractivity contribution < 1.29 is 0 Å². The summed E-state index contributed by atoms with van der Waals surface area (Å²) in [5.41, 5.74) is 0.772. The third-order valence-electron chi connectivity index (χ3n) is 0.912. The van der Waals surface area contributed by atoms with Gasteiger partial charge in [0, 0.05) is 7.05 Å². The average Bonchev–Trinajstić information content (AvgIpc) is 1.98. The Morgan fingerprint density at radius 1 is 1.62 bits per heavy atom. The number of nitrogens with zero attached hydrogens (tertiary/aromatic N) is 3. The summed E-state index contributed by atoms with van der Waals surface area (Å²) in [6, 6.07) is 0. The third-order valence-corrected chi connectivity index (χ3v) is 1.43. The van der Waals surface area contributed by atoms with Crippen molar-refractivity contribution in [2.24, 2.45) is 7.05 Å². The summed E-state index contributed by atoms with van der Waals surface area (Å²) < 4.78 is 1.52. The van der Waals surface area contributed by atoms with E-state index in [1.807, 2.05) is 6.92 Å². The molecule has 44 valence electrons. The molecule has 1 aromatic rings. The Kier molecular flexibility index (Phi) is 1.21. The van der Waals surface area contributed by atoms with E-state index in [2.05, 4.69) is 10.3 Å². The van der Waals surface area contributed by atoms with Crippen LogP contribution in [-0.4, -0.2) is 15.0 Å². The third kappa shape index (κ3) is 0.690. The Balaban J connectivity index is 3.19. The van der Waals surface area contributed by atoms with Gasteiger partial charge in [-0.25, -0.2) is 4.68 Å². The van der Waals surface area contributed by atoms with Crippen LogP contribution in [0.25, 0.3) is 0 Å². The molecule has 0 radical (unpaired) electrons. The van der Waals surface area contributed by atoms with Gasteiger partial charge in [-0.1, -0.05) is 16.8 Å². The quantitative estimate of drug-likeness (QED) is 0.521. The van der Waals surface area contributed by atoms with Crippen LogP contribution in [0.15, 0.2) is 0 Å². The van der Waals surface area contributed by atoms with Crippen molar-refractivity contribution in [1.82, 2.24) is 15.0 Å². The molecular weight excluding hydrogens is 126 g/mol. The highest BCUT2D eigenvalue weighted by atomic mass is 35.5. The Morgan fingerprint density at radius 3 is 2.38 bits per heavy atom. The lowest BCUT2D eigenvalue weighted by atomic mass is 10.6. The first-order chi connectivity index (χ1) is 3.72. The first-order valence-electron chi connectivity index (χ1n) is 2.23. The van der Waals surface area contributed by atoms with Crippen molar-refractivity contribution in [3.05, 3.63) is 10.8 Å². The Labute approximate surface area is 52.3 Å². The molecule has 1 rings (SSSR count). The van der Waals surface area contributed by atoms with Gasteiger partial charge in [0.05, 0.1) is 5.69 Å². The van der Waals surface area contributed by atoms with E-state index in [1.54, 1.807) is 7.05 Å². The molecule has 0 spiro atoms. The number of hydrogen-bond acceptors (Lipinski definition) is 2. The summed E-state index contributed by atoms with van der Waals surface area (Å²) >= 11 is 5.63. The maximum atomic E-state index is 5.63. The number of aromatic nitrogens is 3. The maximum absolute atomic E-state index is 5.63. The molecule has 4 heteroatoms. The number of rotatable bonds is 0. The van der Waals surface area contributed by atoms with Crippen LogP contribution in [-0.2, 0) is 7.05 Å². The molecule has 0 bridgehead atoms. The van der Waals surface area contributed by atoms with E-state index in [0.717, 1.165) is 5.69 Å². The van der Waals surface area contributed by atoms with Gasteiger partial charge in [-0.05, 0) is 6.92 Å². The first-order valence-corrected chi connectivity index (χ1v) is 2.61. The minimum Gasteiger partial charge on any atom is -0.237 e. The molecule has 0 aliphatic heterocycles. The molecule has 0 amide bonds. The zero-order valence-electron chi connectivity index (χ0n) is 4.72. The van der Waals surface area contributed by atoms with Gasteiger partial charge in [0.15, 0.2) is 0 Å². The summed E-state index contributed by atoms with van der Waals surface area (Å²) in [5, 5.41) is 7.95. The second-order valence-electron chi connectivity index (χ2n) is 1.59. The summed E-state index contributed by atoms with van der Waals surface area (Å²) in [6.45, 7) is 1.81. The number of halogens is 1. The summed E-state index contributed by atoms with van der Waals surface area (Å²) in [5.74, 6) is 0. The van der Waals surface area contributed by atoms with Crippen molar-refractivity contribution in [2.45, 2.75) is 6.92 Å². The second-order valence-corrected chi connectivity index (χ2v) is 1.95. The molecule has 1 aromatic heterocycles. The molecule has 0 N–H and O–H groups in total. The molecule has 0 saturated carbocycles. The topological polar surface area (TPSA) is 30.7 Å². The van der Waals surface area contributed by atoms with Gasteiger partial charge in [0.25, 0.3) is 0 Å². The fourth-order valence-corrected chi connectivity index (χ4v) is 0.520. The van der Waals surface area contributed by atoms with Gasteiger partial charge in [0.2, 0.25) is 0 Å². The first kappa shape index (κ1) is 5.56. The molecule has 3 nitrogen and oxygen atoms in total. The van der Waals surface area contributed by atoms with E-state index < -0.39 is 0 Å². The van der Waals surface area contributed by atoms with Crippen LogP contribution < -0.4 is 0 Å². The summed E-state index contributed by atoms with van der Waals surface area (Å²) in [6.07, 6.45) is 0. The molecule has 0 saturated heterocycles. The molecule has 0 aliphatic carbocycles. The van der Waals surface area contributed by atoms with E-state index in [4.69, 9.17) is 11.6 Å². The van der Waals surface area contributed by atoms with Crippen molar-refractivity contribution in [3.63, 3.8) is 0 Å². The Hall–Kier alpha value is -0.570. The molecule has 0 aromatic carbocycles. The van der Waals surface area contributed by atoms with E-state index in [0.29, 0.717) is 5.15 Å². The largest absolute Gasteiger partial charge is 0.237 e. The molecule has 0 atom stereocenters. The van der Waals surface area contributed by atoms with Gasteiger partial charge in [-0.2, -0.15) is 0 Å². The lowest BCUT2D eigenvalue weighted by Gasteiger charge is -1.84. The SMILES string of the molecule is Cc1nnn(C)c1Cl.